The molecule has 4 atom stereocenters. The minimum Gasteiger partial charge on any atom is -0.427 e. The van der Waals surface area contributed by atoms with Gasteiger partial charge in [-0.2, -0.15) is 54.0 Å². The van der Waals surface area contributed by atoms with Gasteiger partial charge in [0.2, 0.25) is 23.0 Å². The number of carbonyl (C=O) groups excluding carboxylic acids is 8. The Hall–Kier alpha value is -5.88. The highest BCUT2D eigenvalue weighted by atomic mass is 79.9. The number of fused-ring (bicyclic) bond motifs is 6. The zero-order valence-electron chi connectivity index (χ0n) is 42.0. The van der Waals surface area contributed by atoms with E-state index in [-0.39, 0.29) is 90.4 Å². The smallest absolute Gasteiger partial charge is 0.418 e. The molecule has 2 saturated heterocycles. The lowest BCUT2D eigenvalue weighted by Gasteiger charge is -2.28. The van der Waals surface area contributed by atoms with E-state index in [1.807, 2.05) is 36.1 Å². The zero-order valence-corrected chi connectivity index (χ0v) is 47.6. The zero-order chi connectivity index (χ0) is 50.6. The van der Waals surface area contributed by atoms with Crippen molar-refractivity contribution in [3.63, 3.8) is 0 Å². The third-order valence-electron chi connectivity index (χ3n) is 14.2. The SMILES string of the molecule is CNC(=O)Nc1ccc2c(c1)CC[C@]21OC(=O)N(CC(=O)N2Cc3ccccc3CC[C@H]2C)C1=O.CNC(=O)Nc1ccc2c(c1)CC[C@]21OC(=O)NC1=O.C[C@@H]1CCc2ccccc2CN1C(=O)CBr.S.S.S.S. The van der Waals surface area contributed by atoms with Crippen LogP contribution in [0.15, 0.2) is 84.9 Å². The number of carbonyl (C=O) groups is 8. The Labute approximate surface area is 472 Å². The van der Waals surface area contributed by atoms with Gasteiger partial charge in [0, 0.05) is 74.6 Å². The van der Waals surface area contributed by atoms with Gasteiger partial charge in [0.15, 0.2) is 0 Å². The standard InChI is InChI=1S/C26H28N4O5.C13H16BrNO.C13H13N3O4.4H2S/c1-16-7-8-17-5-3-4-6-19(17)14-29(16)22(31)15-30-23(32)26(35-25(30)34)12-11-18-13-20(9-10-21(18)26)28-24(33)27-2;1-10-6-7-11-4-2-3-5-12(11)9-15(10)13(16)8-14;1-14-11(18)15-8-2-3-9-7(6-8)4-5-13(9)10(17)16-12(19)20-13;;;;/h3-6,9-10,13,16H,7-8,11-12,14-15H2,1-2H3,(H2,27,28,33);2-5,10H,6-9H2,1H3;2-3,6H,4-5H2,1H3,(H2,14,15,18)(H,16,17,19);4*1H2/t16-,26+;10-;13-;;;;/m110..../s1. The normalized spacial score (nSPS) is 21.2. The maximum atomic E-state index is 13.5. The number of hydrogen-bond donors (Lipinski definition) is 5. The highest BCUT2D eigenvalue weighted by Gasteiger charge is 2.59. The van der Waals surface area contributed by atoms with Gasteiger partial charge < -0.3 is 40.5 Å². The van der Waals surface area contributed by atoms with Crippen molar-refractivity contribution in [3.05, 3.63) is 129 Å². The number of anilines is 2. The van der Waals surface area contributed by atoms with Crippen LogP contribution >= 0.6 is 69.9 Å². The molecule has 10 rings (SSSR count). The summed E-state index contributed by atoms with van der Waals surface area (Å²) in [6, 6.07) is 26.5. The summed E-state index contributed by atoms with van der Waals surface area (Å²) in [5, 5.41) is 12.9. The number of urea groups is 2. The first-order valence-corrected chi connectivity index (χ1v) is 24.8. The molecule has 404 valence electrons. The second-order valence-corrected chi connectivity index (χ2v) is 19.0. The molecule has 4 aromatic carbocycles. The highest BCUT2D eigenvalue weighted by molar-refractivity contribution is 9.09. The van der Waals surface area contributed by atoms with Crippen molar-refractivity contribution in [1.82, 2.24) is 30.7 Å². The molecule has 5 N–H and O–H groups in total. The third kappa shape index (κ3) is 12.9. The summed E-state index contributed by atoms with van der Waals surface area (Å²) in [5.41, 5.74) is 6.58. The Morgan fingerprint density at radius 3 is 1.52 bits per heavy atom. The Balaban J connectivity index is 0.000000259. The molecule has 0 aromatic heterocycles. The summed E-state index contributed by atoms with van der Waals surface area (Å²) >= 11 is 3.25. The first kappa shape index (κ1) is 61.7. The number of amides is 10. The fourth-order valence-electron chi connectivity index (χ4n) is 10.2. The molecule has 10 amide bonds. The second-order valence-electron chi connectivity index (χ2n) is 18.4. The number of aryl methyl sites for hydroxylation is 4. The summed E-state index contributed by atoms with van der Waals surface area (Å²) in [7, 11) is 3.05. The van der Waals surface area contributed by atoms with Crippen LogP contribution in [-0.4, -0.2) is 101 Å². The van der Waals surface area contributed by atoms with E-state index in [4.69, 9.17) is 9.47 Å². The third-order valence-corrected chi connectivity index (χ3v) is 14.6. The van der Waals surface area contributed by atoms with Crippen LogP contribution in [0.4, 0.5) is 30.6 Å². The highest BCUT2D eigenvalue weighted by Crippen LogP contribution is 2.46. The molecule has 2 aliphatic carbocycles. The molecule has 18 nitrogen and oxygen atoms in total. The van der Waals surface area contributed by atoms with Gasteiger partial charge in [-0.05, 0) is 110 Å². The van der Waals surface area contributed by atoms with Crippen LogP contribution in [0.2, 0.25) is 0 Å². The Kier molecular flexibility index (Phi) is 21.6. The van der Waals surface area contributed by atoms with Gasteiger partial charge in [-0.25, -0.2) is 24.1 Å². The first-order chi connectivity index (χ1) is 34.1. The van der Waals surface area contributed by atoms with Gasteiger partial charge >= 0.3 is 24.2 Å². The number of benzene rings is 4. The van der Waals surface area contributed by atoms with Gasteiger partial charge in [-0.15, -0.1) is 0 Å². The molecular weight excluding hydrogens is 1100 g/mol. The maximum Gasteiger partial charge on any atom is 0.418 e. The van der Waals surface area contributed by atoms with Crippen molar-refractivity contribution in [3.8, 4) is 0 Å². The fraction of sp³-hybridized carbons (Fsp3) is 0.385. The van der Waals surface area contributed by atoms with E-state index in [2.05, 4.69) is 73.7 Å². The monoisotopic (exact) mass is 1170 g/mol. The topological polar surface area (TPSA) is 225 Å². The lowest BCUT2D eigenvalue weighted by atomic mass is 9.94. The summed E-state index contributed by atoms with van der Waals surface area (Å²) in [6.07, 6.45) is 4.14. The summed E-state index contributed by atoms with van der Waals surface area (Å²) in [4.78, 5) is 102. The Bertz CT molecular complexity index is 2830. The number of nitrogens with one attached hydrogen (secondary N) is 5. The van der Waals surface area contributed by atoms with Crippen molar-refractivity contribution in [2.45, 2.75) is 102 Å². The van der Waals surface area contributed by atoms with E-state index >= 15 is 0 Å². The van der Waals surface area contributed by atoms with Crippen LogP contribution in [0.3, 0.4) is 0 Å². The van der Waals surface area contributed by atoms with Crippen molar-refractivity contribution in [2.75, 3.05) is 36.6 Å². The van der Waals surface area contributed by atoms with E-state index < -0.39 is 35.2 Å². The van der Waals surface area contributed by atoms with Gasteiger partial charge in [0.25, 0.3) is 11.8 Å². The van der Waals surface area contributed by atoms with Crippen LogP contribution in [0.25, 0.3) is 0 Å². The van der Waals surface area contributed by atoms with Crippen LogP contribution in [-0.2, 0) is 78.6 Å². The van der Waals surface area contributed by atoms with Crippen LogP contribution in [0, 0.1) is 0 Å². The Morgan fingerprint density at radius 2 is 1.07 bits per heavy atom. The van der Waals surface area contributed by atoms with Gasteiger partial charge in [-0.3, -0.25) is 24.5 Å². The number of halogens is 1. The van der Waals surface area contributed by atoms with Crippen molar-refractivity contribution in [1.29, 1.82) is 0 Å². The van der Waals surface area contributed by atoms with Crippen molar-refractivity contribution in [2.24, 2.45) is 0 Å². The van der Waals surface area contributed by atoms with Gasteiger partial charge in [0.05, 0.1) is 5.33 Å². The van der Waals surface area contributed by atoms with Gasteiger partial charge in [-0.1, -0.05) is 76.6 Å². The van der Waals surface area contributed by atoms with Crippen molar-refractivity contribution < 1.29 is 47.8 Å². The summed E-state index contributed by atoms with van der Waals surface area (Å²) in [6.45, 7) is 4.97. The molecule has 4 aliphatic heterocycles. The quantitative estimate of drug-likeness (QED) is 0.129. The summed E-state index contributed by atoms with van der Waals surface area (Å²) < 4.78 is 10.9. The molecule has 0 saturated carbocycles. The summed E-state index contributed by atoms with van der Waals surface area (Å²) in [5.74, 6) is -1.03. The minimum atomic E-state index is -1.42. The lowest BCUT2D eigenvalue weighted by molar-refractivity contribution is -0.143. The fourth-order valence-corrected chi connectivity index (χ4v) is 10.5. The molecular formula is C52H65BrN8O10S4. The molecule has 6 aliphatic rings. The van der Waals surface area contributed by atoms with Crippen LogP contribution in [0.5, 0.6) is 0 Å². The molecule has 23 heteroatoms. The van der Waals surface area contributed by atoms with Crippen LogP contribution in [0.1, 0.15) is 84.0 Å². The van der Waals surface area contributed by atoms with E-state index in [9.17, 15) is 38.4 Å². The molecule has 4 aromatic rings. The molecule has 0 radical (unpaired) electrons. The van der Waals surface area contributed by atoms with E-state index in [0.29, 0.717) is 66.1 Å². The number of nitrogens with zero attached hydrogens (tertiary/aromatic N) is 3. The van der Waals surface area contributed by atoms with E-state index in [1.165, 1.54) is 30.8 Å². The van der Waals surface area contributed by atoms with Crippen LogP contribution < -0.4 is 26.6 Å². The second kappa shape index (κ2) is 26.3. The molecule has 0 unspecified atom stereocenters. The average Bonchev–Trinajstić information content (AvgIpc) is 4.00. The molecule has 0 bridgehead atoms. The predicted octanol–water partition coefficient (Wildman–Crippen LogP) is 6.96. The lowest BCUT2D eigenvalue weighted by Crippen LogP contribution is -2.46. The average molecular weight is 1170 g/mol. The van der Waals surface area contributed by atoms with Gasteiger partial charge in [0.1, 0.15) is 6.54 Å². The molecule has 75 heavy (non-hydrogen) atoms. The maximum absolute atomic E-state index is 13.5. The van der Waals surface area contributed by atoms with Crippen molar-refractivity contribution >= 4 is 129 Å². The number of imide groups is 2. The predicted molar refractivity (Wildman–Crippen MR) is 307 cm³/mol. The Morgan fingerprint density at radius 1 is 0.613 bits per heavy atom. The van der Waals surface area contributed by atoms with E-state index in [1.54, 1.807) is 41.3 Å². The molecule has 2 spiro atoms. The number of hydrogen-bond acceptors (Lipinski definition) is 10. The number of rotatable bonds is 5. The molecule has 2 fully saturated rings. The minimum absolute atomic E-state index is 0. The first-order valence-electron chi connectivity index (χ1n) is 23.7. The van der Waals surface area contributed by atoms with E-state index in [0.717, 1.165) is 53.8 Å². The number of alkyl carbamates (subject to hydrolysis) is 1. The number of alkyl halides is 1. The largest absolute Gasteiger partial charge is 0.427 e. The molecule has 4 heterocycles. The number of ether oxygens (including phenoxy) is 2.